The summed E-state index contributed by atoms with van der Waals surface area (Å²) in [6.45, 7) is 7.85. The van der Waals surface area contributed by atoms with E-state index in [1.54, 1.807) is 12.1 Å². The predicted octanol–water partition coefficient (Wildman–Crippen LogP) is 4.39. The van der Waals surface area contributed by atoms with Gasteiger partial charge in [0.15, 0.2) is 0 Å². The van der Waals surface area contributed by atoms with E-state index in [9.17, 15) is 9.18 Å². The highest BCUT2D eigenvalue weighted by Gasteiger charge is 2.12. The Morgan fingerprint density at radius 2 is 1.81 bits per heavy atom. The molecule has 0 radical (unpaired) electrons. The zero-order valence-corrected chi connectivity index (χ0v) is 15.6. The molecule has 0 unspecified atom stereocenters. The van der Waals surface area contributed by atoms with E-state index in [4.69, 9.17) is 4.74 Å². The predicted molar refractivity (Wildman–Crippen MR) is 102 cm³/mol. The Bertz CT molecular complexity index is 709. The highest BCUT2D eigenvalue weighted by molar-refractivity contribution is 5.73. The van der Waals surface area contributed by atoms with Crippen molar-refractivity contribution >= 4 is 6.03 Å². The molecular weight excluding hydrogens is 331 g/mol. The minimum atomic E-state index is -0.308. The lowest BCUT2D eigenvalue weighted by Gasteiger charge is -2.19. The molecule has 0 aliphatic rings. The molecule has 2 rings (SSSR count). The third-order valence-corrected chi connectivity index (χ3v) is 3.94. The first-order valence-corrected chi connectivity index (χ1v) is 8.84. The van der Waals surface area contributed by atoms with Gasteiger partial charge in [-0.3, -0.25) is 0 Å². The zero-order chi connectivity index (χ0) is 19.0. The van der Waals surface area contributed by atoms with Crippen molar-refractivity contribution in [1.29, 1.82) is 0 Å². The second-order valence-electron chi connectivity index (χ2n) is 7.22. The standard InChI is InChI=1S/C21H27FN2O2/c1-21(2,3)17-8-10-19(11-9-17)26-13-5-12-23-20(25)24-15-16-6-4-7-18(22)14-16/h4,6-11,14H,5,12-13,15H2,1-3H3,(H2,23,24,25). The first-order valence-electron chi connectivity index (χ1n) is 8.84. The van der Waals surface area contributed by atoms with Crippen LogP contribution < -0.4 is 15.4 Å². The molecule has 26 heavy (non-hydrogen) atoms. The highest BCUT2D eigenvalue weighted by atomic mass is 19.1. The molecule has 2 N–H and O–H groups in total. The lowest BCUT2D eigenvalue weighted by Crippen LogP contribution is -2.36. The molecule has 0 aromatic heterocycles. The summed E-state index contributed by atoms with van der Waals surface area (Å²) < 4.78 is 18.7. The molecule has 140 valence electrons. The fourth-order valence-electron chi connectivity index (χ4n) is 2.41. The van der Waals surface area contributed by atoms with E-state index < -0.39 is 0 Å². The maximum absolute atomic E-state index is 13.1. The second kappa shape index (κ2) is 9.22. The summed E-state index contributed by atoms with van der Waals surface area (Å²) >= 11 is 0. The van der Waals surface area contributed by atoms with Crippen molar-refractivity contribution in [3.05, 3.63) is 65.5 Å². The summed E-state index contributed by atoms with van der Waals surface area (Å²) in [5, 5.41) is 5.46. The molecule has 0 heterocycles. The van der Waals surface area contributed by atoms with Gasteiger partial charge >= 0.3 is 6.03 Å². The van der Waals surface area contributed by atoms with Crippen molar-refractivity contribution in [3.63, 3.8) is 0 Å². The Hall–Kier alpha value is -2.56. The van der Waals surface area contributed by atoms with Gasteiger partial charge in [-0.1, -0.05) is 45.0 Å². The lowest BCUT2D eigenvalue weighted by atomic mass is 9.87. The summed E-state index contributed by atoms with van der Waals surface area (Å²) in [5.41, 5.74) is 2.12. The summed E-state index contributed by atoms with van der Waals surface area (Å²) in [6.07, 6.45) is 0.703. The van der Waals surface area contributed by atoms with Gasteiger partial charge in [0.05, 0.1) is 6.61 Å². The smallest absolute Gasteiger partial charge is 0.315 e. The van der Waals surface area contributed by atoms with Crippen molar-refractivity contribution in [2.45, 2.75) is 39.2 Å². The van der Waals surface area contributed by atoms with Crippen LogP contribution in [0.25, 0.3) is 0 Å². The number of ether oxygens (including phenoxy) is 1. The van der Waals surface area contributed by atoms with Gasteiger partial charge in [-0.05, 0) is 47.2 Å². The minimum Gasteiger partial charge on any atom is -0.494 e. The average Bonchev–Trinajstić information content (AvgIpc) is 2.59. The molecule has 0 saturated carbocycles. The number of hydrogen-bond donors (Lipinski definition) is 2. The topological polar surface area (TPSA) is 50.4 Å². The van der Waals surface area contributed by atoms with E-state index in [2.05, 4.69) is 43.5 Å². The van der Waals surface area contributed by atoms with Crippen LogP contribution in [0.15, 0.2) is 48.5 Å². The Labute approximate surface area is 154 Å². The summed E-state index contributed by atoms with van der Waals surface area (Å²) in [4.78, 5) is 11.7. The molecule has 0 atom stereocenters. The minimum absolute atomic E-state index is 0.126. The molecular formula is C21H27FN2O2. The number of rotatable bonds is 7. The zero-order valence-electron chi connectivity index (χ0n) is 15.6. The molecule has 2 aromatic carbocycles. The molecule has 2 amide bonds. The summed E-state index contributed by atoms with van der Waals surface area (Å²) in [7, 11) is 0. The van der Waals surface area contributed by atoms with Gasteiger partial charge in [-0.25, -0.2) is 9.18 Å². The van der Waals surface area contributed by atoms with Gasteiger partial charge in [-0.15, -0.1) is 0 Å². The number of halogens is 1. The fourth-order valence-corrected chi connectivity index (χ4v) is 2.41. The molecule has 5 heteroatoms. The van der Waals surface area contributed by atoms with Gasteiger partial charge in [0.1, 0.15) is 11.6 Å². The monoisotopic (exact) mass is 358 g/mol. The second-order valence-corrected chi connectivity index (χ2v) is 7.22. The van der Waals surface area contributed by atoms with Crippen molar-refractivity contribution in [3.8, 4) is 5.75 Å². The lowest BCUT2D eigenvalue weighted by molar-refractivity contribution is 0.238. The maximum Gasteiger partial charge on any atom is 0.315 e. The Kier molecular flexibility index (Phi) is 7.01. The first-order chi connectivity index (χ1) is 12.3. The summed E-state index contributed by atoms with van der Waals surface area (Å²) in [6, 6.07) is 14.0. The molecule has 0 aliphatic carbocycles. The van der Waals surface area contributed by atoms with Crippen LogP contribution in [0.5, 0.6) is 5.75 Å². The molecule has 0 bridgehead atoms. The number of urea groups is 1. The molecule has 0 aliphatic heterocycles. The first kappa shape index (κ1) is 19.8. The van der Waals surface area contributed by atoms with Gasteiger partial charge in [0.2, 0.25) is 0 Å². The van der Waals surface area contributed by atoms with Crippen molar-refractivity contribution in [1.82, 2.24) is 10.6 Å². The van der Waals surface area contributed by atoms with E-state index in [1.165, 1.54) is 17.7 Å². The Morgan fingerprint density at radius 1 is 1.08 bits per heavy atom. The molecule has 2 aromatic rings. The van der Waals surface area contributed by atoms with E-state index >= 15 is 0 Å². The van der Waals surface area contributed by atoms with Crippen LogP contribution in [0.4, 0.5) is 9.18 Å². The summed E-state index contributed by atoms with van der Waals surface area (Å²) in [5.74, 6) is 0.519. The van der Waals surface area contributed by atoms with E-state index in [0.717, 1.165) is 11.3 Å². The SMILES string of the molecule is CC(C)(C)c1ccc(OCCCNC(=O)NCc2cccc(F)c2)cc1. The molecule has 0 fully saturated rings. The van der Waals surface area contributed by atoms with Crippen LogP contribution in [0.2, 0.25) is 0 Å². The van der Waals surface area contributed by atoms with Crippen LogP contribution in [0.3, 0.4) is 0 Å². The van der Waals surface area contributed by atoms with Crippen LogP contribution in [-0.2, 0) is 12.0 Å². The maximum atomic E-state index is 13.1. The van der Waals surface area contributed by atoms with Gasteiger partial charge in [0, 0.05) is 13.1 Å². The van der Waals surface area contributed by atoms with E-state index in [1.807, 2.05) is 12.1 Å². The van der Waals surface area contributed by atoms with Gasteiger partial charge in [-0.2, -0.15) is 0 Å². The van der Waals surface area contributed by atoms with Crippen LogP contribution in [0.1, 0.15) is 38.3 Å². The molecule has 0 saturated heterocycles. The normalized spacial score (nSPS) is 11.1. The largest absolute Gasteiger partial charge is 0.494 e. The van der Waals surface area contributed by atoms with Crippen LogP contribution in [0, 0.1) is 5.82 Å². The van der Waals surface area contributed by atoms with E-state index in [0.29, 0.717) is 26.1 Å². The Balaban J connectivity index is 1.60. The van der Waals surface area contributed by atoms with Crippen molar-refractivity contribution in [2.24, 2.45) is 0 Å². The number of hydrogen-bond acceptors (Lipinski definition) is 2. The fraction of sp³-hybridized carbons (Fsp3) is 0.381. The van der Waals surface area contributed by atoms with Gasteiger partial charge < -0.3 is 15.4 Å². The van der Waals surface area contributed by atoms with Crippen molar-refractivity contribution < 1.29 is 13.9 Å². The van der Waals surface area contributed by atoms with E-state index in [-0.39, 0.29) is 17.3 Å². The number of carbonyl (C=O) groups is 1. The van der Waals surface area contributed by atoms with Crippen LogP contribution >= 0.6 is 0 Å². The highest BCUT2D eigenvalue weighted by Crippen LogP contribution is 2.24. The number of nitrogens with one attached hydrogen (secondary N) is 2. The third kappa shape index (κ3) is 6.75. The van der Waals surface area contributed by atoms with Crippen molar-refractivity contribution in [2.75, 3.05) is 13.2 Å². The average molecular weight is 358 g/mol. The molecule has 0 spiro atoms. The number of carbonyl (C=O) groups excluding carboxylic acids is 1. The molecule has 4 nitrogen and oxygen atoms in total. The quantitative estimate of drug-likeness (QED) is 0.721. The number of benzene rings is 2. The van der Waals surface area contributed by atoms with Gasteiger partial charge in [0.25, 0.3) is 0 Å². The number of amides is 2. The van der Waals surface area contributed by atoms with Crippen LogP contribution in [-0.4, -0.2) is 19.2 Å². The Morgan fingerprint density at radius 3 is 2.46 bits per heavy atom. The third-order valence-electron chi connectivity index (χ3n) is 3.94.